The Morgan fingerprint density at radius 1 is 1.12 bits per heavy atom. The van der Waals surface area contributed by atoms with Gasteiger partial charge in [0.25, 0.3) is 0 Å². The molecule has 24 heavy (non-hydrogen) atoms. The molecule has 120 valence electrons. The molecule has 1 heterocycles. The highest BCUT2D eigenvalue weighted by atomic mass is 16.5. The predicted molar refractivity (Wildman–Crippen MR) is 92.2 cm³/mol. The number of allylic oxidation sites excluding steroid dienone is 2. The van der Waals surface area contributed by atoms with Crippen LogP contribution in [0.25, 0.3) is 0 Å². The summed E-state index contributed by atoms with van der Waals surface area (Å²) in [6, 6.07) is 21.7. The summed E-state index contributed by atoms with van der Waals surface area (Å²) in [4.78, 5) is 14.2. The van der Waals surface area contributed by atoms with Crippen molar-refractivity contribution in [2.75, 3.05) is 18.6 Å². The van der Waals surface area contributed by atoms with E-state index >= 15 is 0 Å². The predicted octanol–water partition coefficient (Wildman–Crippen LogP) is 3.49. The average molecular weight is 318 g/mol. The van der Waals surface area contributed by atoms with E-state index in [1.54, 1.807) is 0 Å². The molecule has 0 aromatic heterocycles. The van der Waals surface area contributed by atoms with E-state index in [0.29, 0.717) is 12.2 Å². The molecule has 2 aromatic rings. The Balaban J connectivity index is 2.06. The molecule has 0 fully saturated rings. The van der Waals surface area contributed by atoms with Gasteiger partial charge in [-0.25, -0.2) is 0 Å². The Morgan fingerprint density at radius 2 is 1.75 bits per heavy atom. The zero-order chi connectivity index (χ0) is 16.9. The van der Waals surface area contributed by atoms with Crippen molar-refractivity contribution in [1.29, 1.82) is 5.26 Å². The molecule has 0 spiro atoms. The van der Waals surface area contributed by atoms with Crippen molar-refractivity contribution in [3.8, 4) is 6.07 Å². The van der Waals surface area contributed by atoms with Crippen LogP contribution in [0.1, 0.15) is 11.5 Å². The number of rotatable bonds is 3. The van der Waals surface area contributed by atoms with Gasteiger partial charge in [0.1, 0.15) is 11.8 Å². The van der Waals surface area contributed by atoms with Crippen molar-refractivity contribution in [3.63, 3.8) is 0 Å². The Hall–Kier alpha value is -3.06. The van der Waals surface area contributed by atoms with Crippen LogP contribution in [0.2, 0.25) is 0 Å². The Kier molecular flexibility index (Phi) is 4.62. The number of para-hydroxylation sites is 1. The minimum absolute atomic E-state index is 0.173. The topological polar surface area (TPSA) is 53.3 Å². The van der Waals surface area contributed by atoms with Gasteiger partial charge in [0.2, 0.25) is 0 Å². The first-order valence-electron chi connectivity index (χ1n) is 7.82. The van der Waals surface area contributed by atoms with Crippen LogP contribution in [0.3, 0.4) is 0 Å². The molecular weight excluding hydrogens is 300 g/mol. The van der Waals surface area contributed by atoms with Gasteiger partial charge in [0.05, 0.1) is 13.0 Å². The van der Waals surface area contributed by atoms with Gasteiger partial charge in [-0.15, -0.1) is 0 Å². The smallest absolute Gasteiger partial charge is 0.311 e. The first kappa shape index (κ1) is 15.8. The summed E-state index contributed by atoms with van der Waals surface area (Å²) in [5.74, 6) is -0.805. The minimum Gasteiger partial charge on any atom is -0.469 e. The Bertz CT molecular complexity index is 778. The summed E-state index contributed by atoms with van der Waals surface area (Å²) >= 11 is 0. The molecule has 3 rings (SSSR count). The lowest BCUT2D eigenvalue weighted by Crippen LogP contribution is -2.40. The lowest BCUT2D eigenvalue weighted by molar-refractivity contribution is -0.145. The van der Waals surface area contributed by atoms with Gasteiger partial charge in [0, 0.05) is 18.2 Å². The van der Waals surface area contributed by atoms with E-state index in [9.17, 15) is 10.1 Å². The number of hydrogen-bond donors (Lipinski definition) is 0. The zero-order valence-electron chi connectivity index (χ0n) is 13.4. The molecule has 0 saturated carbocycles. The molecule has 0 unspecified atom stereocenters. The third-order valence-corrected chi connectivity index (χ3v) is 4.31. The highest BCUT2D eigenvalue weighted by Gasteiger charge is 2.36. The van der Waals surface area contributed by atoms with Crippen LogP contribution in [-0.2, 0) is 9.53 Å². The van der Waals surface area contributed by atoms with E-state index in [1.165, 1.54) is 7.11 Å². The first-order chi connectivity index (χ1) is 11.7. The summed E-state index contributed by atoms with van der Waals surface area (Å²) in [5, 5.41) is 9.59. The molecule has 0 amide bonds. The van der Waals surface area contributed by atoms with Crippen molar-refractivity contribution in [2.24, 2.45) is 5.92 Å². The number of methoxy groups -OCH3 is 1. The van der Waals surface area contributed by atoms with Gasteiger partial charge in [-0.2, -0.15) is 5.26 Å². The van der Waals surface area contributed by atoms with Gasteiger partial charge in [-0.3, -0.25) is 4.79 Å². The van der Waals surface area contributed by atoms with Gasteiger partial charge in [-0.1, -0.05) is 48.5 Å². The lowest BCUT2D eigenvalue weighted by Gasteiger charge is -2.35. The molecule has 4 nitrogen and oxygen atoms in total. The quantitative estimate of drug-likeness (QED) is 0.813. The standard InChI is InChI=1S/C20H18N2O2/c1-24-20(23)19-14-22(16-10-6-3-7-11-16)17(13-21)12-18(19)15-8-4-2-5-9-15/h2-12,18-19H,14H2,1H3/t18-,19+/m1/s1. The van der Waals surface area contributed by atoms with Crippen LogP contribution in [-0.4, -0.2) is 19.6 Å². The minimum atomic E-state index is -0.366. The second-order valence-corrected chi connectivity index (χ2v) is 5.68. The second kappa shape index (κ2) is 7.01. The first-order valence-corrected chi connectivity index (χ1v) is 7.82. The largest absolute Gasteiger partial charge is 0.469 e. The van der Waals surface area contributed by atoms with Gasteiger partial charge < -0.3 is 9.64 Å². The summed E-state index contributed by atoms with van der Waals surface area (Å²) in [6.45, 7) is 0.412. The molecule has 2 atom stereocenters. The fraction of sp³-hybridized carbons (Fsp3) is 0.200. The molecule has 0 N–H and O–H groups in total. The van der Waals surface area contributed by atoms with Crippen LogP contribution in [0.5, 0.6) is 0 Å². The Morgan fingerprint density at radius 3 is 2.33 bits per heavy atom. The molecule has 0 bridgehead atoms. The molecule has 0 saturated heterocycles. The maximum absolute atomic E-state index is 12.4. The normalized spacial score (nSPS) is 20.0. The van der Waals surface area contributed by atoms with Gasteiger partial charge in [0.15, 0.2) is 0 Å². The van der Waals surface area contributed by atoms with Crippen molar-refractivity contribution in [1.82, 2.24) is 0 Å². The highest BCUT2D eigenvalue weighted by Crippen LogP contribution is 2.36. The van der Waals surface area contributed by atoms with Crippen LogP contribution in [0.4, 0.5) is 5.69 Å². The van der Waals surface area contributed by atoms with E-state index in [1.807, 2.05) is 71.6 Å². The molecule has 4 heteroatoms. The number of anilines is 1. The molecule has 0 aliphatic carbocycles. The van der Waals surface area contributed by atoms with Crippen LogP contribution in [0.15, 0.2) is 72.4 Å². The average Bonchev–Trinajstić information content (AvgIpc) is 2.67. The number of carbonyl (C=O) groups excluding carboxylic acids is 1. The number of esters is 1. The van der Waals surface area contributed by atoms with Crippen molar-refractivity contribution in [3.05, 3.63) is 78.0 Å². The van der Waals surface area contributed by atoms with E-state index in [-0.39, 0.29) is 17.8 Å². The second-order valence-electron chi connectivity index (χ2n) is 5.68. The molecule has 1 aliphatic heterocycles. The SMILES string of the molecule is COC(=O)[C@H]1CN(c2ccccc2)C(C#N)=C[C@@H]1c1ccccc1. The lowest BCUT2D eigenvalue weighted by atomic mass is 9.82. The van der Waals surface area contributed by atoms with Crippen LogP contribution in [0, 0.1) is 17.2 Å². The van der Waals surface area contributed by atoms with E-state index in [2.05, 4.69) is 6.07 Å². The summed E-state index contributed by atoms with van der Waals surface area (Å²) < 4.78 is 5.02. The number of carbonyl (C=O) groups is 1. The van der Waals surface area contributed by atoms with E-state index in [4.69, 9.17) is 4.74 Å². The third-order valence-electron chi connectivity index (χ3n) is 4.31. The fourth-order valence-corrected chi connectivity index (χ4v) is 3.11. The number of hydrogen-bond acceptors (Lipinski definition) is 4. The maximum Gasteiger partial charge on any atom is 0.311 e. The highest BCUT2D eigenvalue weighted by molar-refractivity contribution is 5.77. The zero-order valence-corrected chi connectivity index (χ0v) is 13.4. The van der Waals surface area contributed by atoms with Crippen LogP contribution < -0.4 is 4.90 Å². The fourth-order valence-electron chi connectivity index (χ4n) is 3.11. The maximum atomic E-state index is 12.4. The number of nitrogens with zero attached hydrogens (tertiary/aromatic N) is 2. The summed E-state index contributed by atoms with van der Waals surface area (Å²) in [7, 11) is 1.40. The van der Waals surface area contributed by atoms with Crippen molar-refractivity contribution < 1.29 is 9.53 Å². The van der Waals surface area contributed by atoms with Gasteiger partial charge >= 0.3 is 5.97 Å². The monoisotopic (exact) mass is 318 g/mol. The summed E-state index contributed by atoms with van der Waals surface area (Å²) in [5.41, 5.74) is 2.45. The Labute approximate surface area is 141 Å². The van der Waals surface area contributed by atoms with Gasteiger partial charge in [-0.05, 0) is 23.8 Å². The number of benzene rings is 2. The van der Waals surface area contributed by atoms with E-state index < -0.39 is 0 Å². The number of ether oxygens (including phenoxy) is 1. The number of nitriles is 1. The van der Waals surface area contributed by atoms with Crippen molar-refractivity contribution >= 4 is 11.7 Å². The molecule has 2 aromatic carbocycles. The molecule has 1 aliphatic rings. The van der Waals surface area contributed by atoms with Crippen LogP contribution >= 0.6 is 0 Å². The molecular formula is C20H18N2O2. The van der Waals surface area contributed by atoms with Crippen molar-refractivity contribution in [2.45, 2.75) is 5.92 Å². The third kappa shape index (κ3) is 3.02. The van der Waals surface area contributed by atoms with E-state index in [0.717, 1.165) is 11.3 Å². The molecule has 0 radical (unpaired) electrons. The summed E-state index contributed by atoms with van der Waals surface area (Å²) in [6.07, 6.45) is 1.87.